The van der Waals surface area contributed by atoms with Crippen LogP contribution in [0.5, 0.6) is 0 Å². The quantitative estimate of drug-likeness (QED) is 0.481. The highest BCUT2D eigenvalue weighted by atomic mass is 127. The Labute approximate surface area is 178 Å². The van der Waals surface area contributed by atoms with Gasteiger partial charge in [0.1, 0.15) is 0 Å². The van der Waals surface area contributed by atoms with Crippen LogP contribution in [-0.4, -0.2) is 14.3 Å². The second kappa shape index (κ2) is 8.32. The fraction of sp³-hybridized carbons (Fsp3) is 0.0952. The summed E-state index contributed by atoms with van der Waals surface area (Å²) in [6, 6.07) is 18.8. The van der Waals surface area contributed by atoms with Crippen LogP contribution in [0.2, 0.25) is 0 Å². The largest absolute Gasteiger partial charge is 0.322 e. The first-order valence-electron chi connectivity index (χ1n) is 8.52. The molecular weight excluding hydrogens is 487 g/mol. The number of amides is 1. The average Bonchev–Trinajstić information content (AvgIpc) is 2.64. The van der Waals surface area contributed by atoms with E-state index in [0.717, 1.165) is 14.7 Å². The molecule has 0 aromatic heterocycles. The van der Waals surface area contributed by atoms with E-state index >= 15 is 0 Å². The topological polar surface area (TPSA) is 75.3 Å². The zero-order valence-electron chi connectivity index (χ0n) is 15.4. The number of carbonyl (C=O) groups is 1. The van der Waals surface area contributed by atoms with Gasteiger partial charge in [-0.25, -0.2) is 8.42 Å². The summed E-state index contributed by atoms with van der Waals surface area (Å²) < 4.78 is 28.8. The predicted molar refractivity (Wildman–Crippen MR) is 120 cm³/mol. The SMILES string of the molecule is Cc1ccc(NS(=O)(=O)c2ccc(NC(=O)c3cccc(I)c3)cc2)c(C)c1. The number of aryl methyl sites for hydroxylation is 2. The Morgan fingerprint density at radius 2 is 1.64 bits per heavy atom. The fourth-order valence-electron chi connectivity index (χ4n) is 2.68. The Morgan fingerprint density at radius 3 is 2.29 bits per heavy atom. The molecule has 0 saturated heterocycles. The summed E-state index contributed by atoms with van der Waals surface area (Å²) in [4.78, 5) is 12.4. The second-order valence-corrected chi connectivity index (χ2v) is 9.34. The van der Waals surface area contributed by atoms with Gasteiger partial charge >= 0.3 is 0 Å². The molecule has 5 nitrogen and oxygen atoms in total. The van der Waals surface area contributed by atoms with Crippen molar-refractivity contribution in [3.05, 3.63) is 87.0 Å². The van der Waals surface area contributed by atoms with E-state index in [1.54, 1.807) is 30.3 Å². The first-order valence-corrected chi connectivity index (χ1v) is 11.1. The van der Waals surface area contributed by atoms with Crippen LogP contribution < -0.4 is 10.0 Å². The highest BCUT2D eigenvalue weighted by Crippen LogP contribution is 2.22. The molecule has 3 aromatic carbocycles. The number of hydrogen-bond donors (Lipinski definition) is 2. The molecule has 0 radical (unpaired) electrons. The van der Waals surface area contributed by atoms with Crippen LogP contribution in [0.3, 0.4) is 0 Å². The van der Waals surface area contributed by atoms with Crippen molar-refractivity contribution in [3.63, 3.8) is 0 Å². The van der Waals surface area contributed by atoms with E-state index in [1.807, 2.05) is 38.1 Å². The third-order valence-electron chi connectivity index (χ3n) is 4.14. The summed E-state index contributed by atoms with van der Waals surface area (Å²) in [5.74, 6) is -0.248. The van der Waals surface area contributed by atoms with Gasteiger partial charge in [0, 0.05) is 14.8 Å². The smallest absolute Gasteiger partial charge is 0.261 e. The van der Waals surface area contributed by atoms with E-state index < -0.39 is 10.0 Å². The molecule has 1 amide bonds. The van der Waals surface area contributed by atoms with E-state index in [0.29, 0.717) is 16.9 Å². The maximum absolute atomic E-state index is 12.6. The summed E-state index contributed by atoms with van der Waals surface area (Å²) in [6.07, 6.45) is 0. The maximum Gasteiger partial charge on any atom is 0.261 e. The van der Waals surface area contributed by atoms with Gasteiger partial charge in [-0.15, -0.1) is 0 Å². The molecule has 0 atom stereocenters. The summed E-state index contributed by atoms with van der Waals surface area (Å²) in [6.45, 7) is 3.81. The van der Waals surface area contributed by atoms with Crippen LogP contribution >= 0.6 is 22.6 Å². The predicted octanol–water partition coefficient (Wildman–Crippen LogP) is 4.96. The molecular formula is C21H19IN2O3S. The van der Waals surface area contributed by atoms with Crippen LogP contribution in [0.4, 0.5) is 11.4 Å². The molecule has 2 N–H and O–H groups in total. The van der Waals surface area contributed by atoms with Gasteiger partial charge < -0.3 is 5.32 Å². The lowest BCUT2D eigenvalue weighted by Crippen LogP contribution is -2.15. The van der Waals surface area contributed by atoms with Crippen molar-refractivity contribution >= 4 is 49.9 Å². The van der Waals surface area contributed by atoms with Gasteiger partial charge in [-0.1, -0.05) is 23.8 Å². The number of benzene rings is 3. The van der Waals surface area contributed by atoms with Crippen LogP contribution in [0.15, 0.2) is 71.6 Å². The molecule has 0 spiro atoms. The van der Waals surface area contributed by atoms with Crippen molar-refractivity contribution in [3.8, 4) is 0 Å². The van der Waals surface area contributed by atoms with Gasteiger partial charge in [0.15, 0.2) is 0 Å². The van der Waals surface area contributed by atoms with E-state index in [1.165, 1.54) is 12.1 Å². The van der Waals surface area contributed by atoms with Crippen LogP contribution in [0.25, 0.3) is 0 Å². The molecule has 0 heterocycles. The molecule has 0 aliphatic heterocycles. The molecule has 7 heteroatoms. The zero-order valence-corrected chi connectivity index (χ0v) is 18.3. The summed E-state index contributed by atoms with van der Waals surface area (Å²) in [7, 11) is -3.72. The van der Waals surface area contributed by atoms with Crippen molar-refractivity contribution in [2.45, 2.75) is 18.7 Å². The average molecular weight is 506 g/mol. The Hall–Kier alpha value is -2.39. The van der Waals surface area contributed by atoms with E-state index in [-0.39, 0.29) is 10.8 Å². The minimum atomic E-state index is -3.72. The van der Waals surface area contributed by atoms with Gasteiger partial charge in [0.05, 0.1) is 10.6 Å². The first-order chi connectivity index (χ1) is 13.2. The highest BCUT2D eigenvalue weighted by molar-refractivity contribution is 14.1. The summed E-state index contributed by atoms with van der Waals surface area (Å²) in [5.41, 5.74) is 3.52. The minimum Gasteiger partial charge on any atom is -0.322 e. The van der Waals surface area contributed by atoms with Gasteiger partial charge in [0.25, 0.3) is 15.9 Å². The Kier molecular flexibility index (Phi) is 6.04. The second-order valence-electron chi connectivity index (χ2n) is 6.41. The molecule has 0 bridgehead atoms. The van der Waals surface area contributed by atoms with E-state index in [2.05, 4.69) is 32.6 Å². The lowest BCUT2D eigenvalue weighted by atomic mass is 10.1. The summed E-state index contributed by atoms with van der Waals surface area (Å²) >= 11 is 2.14. The van der Waals surface area contributed by atoms with Gasteiger partial charge in [-0.05, 0) is 90.5 Å². The lowest BCUT2D eigenvalue weighted by Gasteiger charge is -2.12. The number of nitrogens with one attached hydrogen (secondary N) is 2. The van der Waals surface area contributed by atoms with Crippen LogP contribution in [0, 0.1) is 17.4 Å². The van der Waals surface area contributed by atoms with E-state index in [9.17, 15) is 13.2 Å². The molecule has 3 rings (SSSR count). The fourth-order valence-corrected chi connectivity index (χ4v) is 4.36. The molecule has 3 aromatic rings. The lowest BCUT2D eigenvalue weighted by molar-refractivity contribution is 0.102. The van der Waals surface area contributed by atoms with E-state index in [4.69, 9.17) is 0 Å². The van der Waals surface area contributed by atoms with Gasteiger partial charge in [-0.2, -0.15) is 0 Å². The molecule has 144 valence electrons. The number of anilines is 2. The number of rotatable bonds is 5. The van der Waals surface area contributed by atoms with Crippen molar-refractivity contribution in [2.24, 2.45) is 0 Å². The number of hydrogen-bond acceptors (Lipinski definition) is 3. The molecule has 0 fully saturated rings. The third kappa shape index (κ3) is 4.90. The van der Waals surface area contributed by atoms with Crippen LogP contribution in [-0.2, 0) is 10.0 Å². The third-order valence-corrected chi connectivity index (χ3v) is 6.19. The normalized spacial score (nSPS) is 11.1. The Morgan fingerprint density at radius 1 is 0.929 bits per heavy atom. The molecule has 0 saturated carbocycles. The molecule has 0 aliphatic rings. The maximum atomic E-state index is 12.6. The molecule has 0 unspecified atom stereocenters. The standard InChI is InChI=1S/C21H19IN2O3S/c1-14-6-11-20(15(2)12-14)24-28(26,27)19-9-7-18(8-10-19)23-21(25)16-4-3-5-17(22)13-16/h3-13,24H,1-2H3,(H,23,25). The molecule has 28 heavy (non-hydrogen) atoms. The number of halogens is 1. The summed E-state index contributed by atoms with van der Waals surface area (Å²) in [5, 5.41) is 2.77. The van der Waals surface area contributed by atoms with Gasteiger partial charge in [0.2, 0.25) is 0 Å². The molecule has 0 aliphatic carbocycles. The zero-order chi connectivity index (χ0) is 20.3. The monoisotopic (exact) mass is 506 g/mol. The highest BCUT2D eigenvalue weighted by Gasteiger charge is 2.15. The minimum absolute atomic E-state index is 0.125. The van der Waals surface area contributed by atoms with Crippen molar-refractivity contribution in [1.29, 1.82) is 0 Å². The first kappa shape index (κ1) is 20.3. The number of sulfonamides is 1. The van der Waals surface area contributed by atoms with Crippen molar-refractivity contribution in [2.75, 3.05) is 10.0 Å². The number of carbonyl (C=O) groups excluding carboxylic acids is 1. The van der Waals surface area contributed by atoms with Crippen molar-refractivity contribution < 1.29 is 13.2 Å². The van der Waals surface area contributed by atoms with Crippen molar-refractivity contribution in [1.82, 2.24) is 0 Å². The van der Waals surface area contributed by atoms with Crippen LogP contribution in [0.1, 0.15) is 21.5 Å². The van der Waals surface area contributed by atoms with Gasteiger partial charge in [-0.3, -0.25) is 9.52 Å². The Bertz CT molecular complexity index is 1130. The Balaban J connectivity index is 1.75.